The summed E-state index contributed by atoms with van der Waals surface area (Å²) in [6.07, 6.45) is -1.78. The van der Waals surface area contributed by atoms with Crippen LogP contribution in [0.3, 0.4) is 0 Å². The Morgan fingerprint density at radius 1 is 1.42 bits per heavy atom. The summed E-state index contributed by atoms with van der Waals surface area (Å²) in [5, 5.41) is 2.60. The van der Waals surface area contributed by atoms with E-state index in [2.05, 4.69) is 10.1 Å². The van der Waals surface area contributed by atoms with E-state index in [0.717, 1.165) is 5.56 Å². The highest BCUT2D eigenvalue weighted by Gasteiger charge is 2.06. The number of hydrogen-bond donors (Lipinski definition) is 2. The van der Waals surface area contributed by atoms with Crippen molar-refractivity contribution in [2.45, 2.75) is 12.8 Å². The molecule has 1 aromatic rings. The van der Waals surface area contributed by atoms with E-state index < -0.39 is 13.0 Å². The minimum Gasteiger partial charge on any atom is -0.374 e. The second kappa shape index (κ2) is 8.55. The first kappa shape index (κ1) is 15.5. The van der Waals surface area contributed by atoms with E-state index >= 15 is 0 Å². The van der Waals surface area contributed by atoms with Crippen molar-refractivity contribution in [3.05, 3.63) is 35.4 Å². The molecule has 0 fully saturated rings. The number of nitrogens with two attached hydrogens (primary N) is 1. The summed E-state index contributed by atoms with van der Waals surface area (Å²) >= 11 is 0. The van der Waals surface area contributed by atoms with Crippen LogP contribution in [0.1, 0.15) is 15.9 Å². The molecule has 106 valence electrons. The summed E-state index contributed by atoms with van der Waals surface area (Å²) in [4.78, 5) is 11.8. The van der Waals surface area contributed by atoms with Gasteiger partial charge in [-0.3, -0.25) is 4.79 Å². The lowest BCUT2D eigenvalue weighted by Gasteiger charge is -2.07. The van der Waals surface area contributed by atoms with Crippen LogP contribution in [0, 0.1) is 0 Å². The molecule has 0 saturated heterocycles. The van der Waals surface area contributed by atoms with Gasteiger partial charge in [0.05, 0.1) is 6.61 Å². The molecule has 0 radical (unpaired) electrons. The van der Waals surface area contributed by atoms with Gasteiger partial charge in [-0.05, 0) is 30.7 Å². The fourth-order valence-electron chi connectivity index (χ4n) is 1.55. The van der Waals surface area contributed by atoms with Crippen molar-refractivity contribution in [1.82, 2.24) is 5.32 Å². The first-order valence-corrected chi connectivity index (χ1v) is 6.06. The number of alkyl halides is 2. The van der Waals surface area contributed by atoms with Crippen LogP contribution in [0.15, 0.2) is 24.3 Å². The standard InChI is InChI=1S/C13H18F2N2O2/c14-12(15)9-19-7-6-17-13(18)11-3-1-2-10(8-11)4-5-16/h1-3,8,12H,4-7,9,16H2,(H,17,18). The molecule has 0 aliphatic carbocycles. The maximum atomic E-state index is 11.8. The van der Waals surface area contributed by atoms with Gasteiger partial charge in [0.1, 0.15) is 6.61 Å². The van der Waals surface area contributed by atoms with Crippen molar-refractivity contribution in [1.29, 1.82) is 0 Å². The Morgan fingerprint density at radius 2 is 2.21 bits per heavy atom. The summed E-state index contributed by atoms with van der Waals surface area (Å²) in [6.45, 7) is 0.180. The predicted octanol–water partition coefficient (Wildman–Crippen LogP) is 1.20. The SMILES string of the molecule is NCCc1cccc(C(=O)NCCOCC(F)F)c1. The number of hydrogen-bond acceptors (Lipinski definition) is 3. The quantitative estimate of drug-likeness (QED) is 0.699. The van der Waals surface area contributed by atoms with Crippen molar-refractivity contribution in [3.8, 4) is 0 Å². The van der Waals surface area contributed by atoms with Crippen LogP contribution < -0.4 is 11.1 Å². The Labute approximate surface area is 110 Å². The van der Waals surface area contributed by atoms with Crippen LogP contribution >= 0.6 is 0 Å². The van der Waals surface area contributed by atoms with Gasteiger partial charge in [-0.15, -0.1) is 0 Å². The molecule has 0 aromatic heterocycles. The minimum atomic E-state index is -2.48. The zero-order valence-electron chi connectivity index (χ0n) is 10.6. The molecule has 0 bridgehead atoms. The molecule has 0 spiro atoms. The smallest absolute Gasteiger partial charge is 0.261 e. The molecule has 0 heterocycles. The Morgan fingerprint density at radius 3 is 2.89 bits per heavy atom. The third-order valence-electron chi connectivity index (χ3n) is 2.40. The number of carbonyl (C=O) groups is 1. The molecule has 0 atom stereocenters. The van der Waals surface area contributed by atoms with Gasteiger partial charge < -0.3 is 15.8 Å². The molecule has 4 nitrogen and oxygen atoms in total. The third kappa shape index (κ3) is 6.26. The highest BCUT2D eigenvalue weighted by atomic mass is 19.3. The monoisotopic (exact) mass is 272 g/mol. The maximum Gasteiger partial charge on any atom is 0.261 e. The molecular weight excluding hydrogens is 254 g/mol. The van der Waals surface area contributed by atoms with Gasteiger partial charge in [-0.2, -0.15) is 0 Å². The highest BCUT2D eigenvalue weighted by Crippen LogP contribution is 2.05. The molecule has 1 rings (SSSR count). The molecule has 0 aliphatic heterocycles. The van der Waals surface area contributed by atoms with Crippen molar-refractivity contribution in [2.24, 2.45) is 5.73 Å². The van der Waals surface area contributed by atoms with E-state index in [1.54, 1.807) is 18.2 Å². The third-order valence-corrected chi connectivity index (χ3v) is 2.40. The van der Waals surface area contributed by atoms with E-state index in [1.165, 1.54) is 0 Å². The number of benzene rings is 1. The largest absolute Gasteiger partial charge is 0.374 e. The topological polar surface area (TPSA) is 64.4 Å². The molecule has 0 saturated carbocycles. The van der Waals surface area contributed by atoms with E-state index in [9.17, 15) is 13.6 Å². The second-order valence-electron chi connectivity index (χ2n) is 3.96. The summed E-state index contributed by atoms with van der Waals surface area (Å²) in [7, 11) is 0. The number of nitrogens with one attached hydrogen (secondary N) is 1. The van der Waals surface area contributed by atoms with Crippen molar-refractivity contribution in [2.75, 3.05) is 26.3 Å². The van der Waals surface area contributed by atoms with Gasteiger partial charge in [-0.25, -0.2) is 8.78 Å². The first-order valence-electron chi connectivity index (χ1n) is 6.06. The molecule has 1 aromatic carbocycles. The zero-order chi connectivity index (χ0) is 14.1. The van der Waals surface area contributed by atoms with E-state index in [4.69, 9.17) is 5.73 Å². The minimum absolute atomic E-state index is 0.0680. The van der Waals surface area contributed by atoms with Gasteiger partial charge in [0.15, 0.2) is 0 Å². The van der Waals surface area contributed by atoms with Crippen molar-refractivity contribution < 1.29 is 18.3 Å². The second-order valence-corrected chi connectivity index (χ2v) is 3.96. The molecule has 0 unspecified atom stereocenters. The van der Waals surface area contributed by atoms with Crippen LogP contribution in [-0.4, -0.2) is 38.6 Å². The molecule has 19 heavy (non-hydrogen) atoms. The molecule has 3 N–H and O–H groups in total. The summed E-state index contributed by atoms with van der Waals surface area (Å²) in [5.74, 6) is -0.250. The Balaban J connectivity index is 2.34. The zero-order valence-corrected chi connectivity index (χ0v) is 10.6. The number of ether oxygens (including phenoxy) is 1. The maximum absolute atomic E-state index is 11.8. The van der Waals surface area contributed by atoms with Gasteiger partial charge in [-0.1, -0.05) is 12.1 Å². The molecule has 0 aliphatic rings. The number of amides is 1. The summed E-state index contributed by atoms with van der Waals surface area (Å²) < 4.78 is 28.2. The highest BCUT2D eigenvalue weighted by molar-refractivity contribution is 5.94. The van der Waals surface area contributed by atoms with Gasteiger partial charge >= 0.3 is 0 Å². The molecule has 1 amide bonds. The Kier molecular flexibility index (Phi) is 6.99. The average molecular weight is 272 g/mol. The lowest BCUT2D eigenvalue weighted by Crippen LogP contribution is -2.27. The average Bonchev–Trinajstić information content (AvgIpc) is 2.38. The van der Waals surface area contributed by atoms with E-state index in [-0.39, 0.29) is 19.1 Å². The van der Waals surface area contributed by atoms with E-state index in [0.29, 0.717) is 18.5 Å². The summed E-state index contributed by atoms with van der Waals surface area (Å²) in [6, 6.07) is 7.14. The lowest BCUT2D eigenvalue weighted by atomic mass is 10.1. The molecule has 6 heteroatoms. The van der Waals surface area contributed by atoms with E-state index in [1.807, 2.05) is 6.07 Å². The van der Waals surface area contributed by atoms with Crippen LogP contribution in [0.2, 0.25) is 0 Å². The fourth-order valence-corrected chi connectivity index (χ4v) is 1.55. The predicted molar refractivity (Wildman–Crippen MR) is 68.4 cm³/mol. The number of halogens is 2. The first-order chi connectivity index (χ1) is 9.13. The summed E-state index contributed by atoms with van der Waals surface area (Å²) in [5.41, 5.74) is 6.96. The van der Waals surface area contributed by atoms with Gasteiger partial charge in [0.25, 0.3) is 12.3 Å². The van der Waals surface area contributed by atoms with Crippen LogP contribution in [0.5, 0.6) is 0 Å². The van der Waals surface area contributed by atoms with Crippen molar-refractivity contribution >= 4 is 5.91 Å². The normalized spacial score (nSPS) is 10.7. The Bertz CT molecular complexity index is 400. The van der Waals surface area contributed by atoms with Crippen LogP contribution in [0.4, 0.5) is 8.78 Å². The van der Waals surface area contributed by atoms with Gasteiger partial charge in [0.2, 0.25) is 0 Å². The van der Waals surface area contributed by atoms with Crippen molar-refractivity contribution in [3.63, 3.8) is 0 Å². The number of rotatable bonds is 8. The van der Waals surface area contributed by atoms with Crippen LogP contribution in [0.25, 0.3) is 0 Å². The molecular formula is C13H18F2N2O2. The van der Waals surface area contributed by atoms with Gasteiger partial charge in [0, 0.05) is 12.1 Å². The number of carbonyl (C=O) groups excluding carboxylic acids is 1. The fraction of sp³-hybridized carbons (Fsp3) is 0.462. The lowest BCUT2D eigenvalue weighted by molar-refractivity contribution is 0.0188. The van der Waals surface area contributed by atoms with Crippen LogP contribution in [-0.2, 0) is 11.2 Å². The Hall–Kier alpha value is -1.53.